The molecule has 0 aromatic heterocycles. The van der Waals surface area contributed by atoms with Crippen LogP contribution in [0.25, 0.3) is 0 Å². The fourth-order valence-corrected chi connectivity index (χ4v) is 2.58. The first kappa shape index (κ1) is 20.2. The van der Waals surface area contributed by atoms with E-state index in [-0.39, 0.29) is 18.4 Å². The fraction of sp³-hybridized carbons (Fsp3) is 0.579. The number of benzene rings is 1. The maximum Gasteiger partial charge on any atom is 0.254 e. The first-order chi connectivity index (χ1) is 11.4. The van der Waals surface area contributed by atoms with Gasteiger partial charge in [0, 0.05) is 31.2 Å². The summed E-state index contributed by atoms with van der Waals surface area (Å²) in [5.74, 6) is -0.230. The Labute approximate surface area is 146 Å². The Morgan fingerprint density at radius 2 is 1.67 bits per heavy atom. The van der Waals surface area contributed by atoms with Gasteiger partial charge in [-0.2, -0.15) is 0 Å². The van der Waals surface area contributed by atoms with Crippen molar-refractivity contribution in [2.75, 3.05) is 26.2 Å². The number of carbonyl (C=O) groups is 2. The normalized spacial score (nSPS) is 11.0. The van der Waals surface area contributed by atoms with Crippen LogP contribution in [0.5, 0.6) is 0 Å². The van der Waals surface area contributed by atoms with Crippen LogP contribution < -0.4 is 5.32 Å². The van der Waals surface area contributed by atoms with Crippen molar-refractivity contribution in [2.24, 2.45) is 0 Å². The molecule has 1 aromatic carbocycles. The lowest BCUT2D eigenvalue weighted by Gasteiger charge is -2.25. The van der Waals surface area contributed by atoms with Gasteiger partial charge in [0.25, 0.3) is 5.91 Å². The summed E-state index contributed by atoms with van der Waals surface area (Å²) in [5.41, 5.74) is 1.81. The third-order valence-electron chi connectivity index (χ3n) is 4.10. The molecular formula is C19H31N3O2. The predicted molar refractivity (Wildman–Crippen MR) is 97.9 cm³/mol. The summed E-state index contributed by atoms with van der Waals surface area (Å²) < 4.78 is 0. The third kappa shape index (κ3) is 5.96. The molecule has 0 heterocycles. The van der Waals surface area contributed by atoms with Gasteiger partial charge in [0.15, 0.2) is 0 Å². The Balaban J connectivity index is 2.75. The number of carbonyl (C=O) groups excluding carboxylic acids is 2. The molecule has 0 spiro atoms. The first-order valence-electron chi connectivity index (χ1n) is 8.81. The van der Waals surface area contributed by atoms with Crippen LogP contribution in [-0.2, 0) is 11.3 Å². The van der Waals surface area contributed by atoms with E-state index in [0.29, 0.717) is 24.7 Å². The zero-order valence-corrected chi connectivity index (χ0v) is 15.6. The van der Waals surface area contributed by atoms with Gasteiger partial charge in [0.05, 0.1) is 6.54 Å². The maximum absolute atomic E-state index is 12.5. The monoisotopic (exact) mass is 333 g/mol. The number of nitrogens with one attached hydrogen (secondary N) is 1. The van der Waals surface area contributed by atoms with Crippen LogP contribution in [0.4, 0.5) is 0 Å². The molecule has 2 amide bonds. The summed E-state index contributed by atoms with van der Waals surface area (Å²) in [6.45, 7) is 13.3. The Hall–Kier alpha value is -1.88. The van der Waals surface area contributed by atoms with Crippen molar-refractivity contribution < 1.29 is 9.59 Å². The molecule has 0 fully saturated rings. The Morgan fingerprint density at radius 1 is 1.04 bits per heavy atom. The molecule has 1 N–H and O–H groups in total. The minimum absolute atomic E-state index is 0.0991. The molecule has 5 heteroatoms. The summed E-state index contributed by atoms with van der Waals surface area (Å²) in [4.78, 5) is 28.2. The molecule has 0 atom stereocenters. The van der Waals surface area contributed by atoms with Crippen LogP contribution in [0.1, 0.15) is 50.5 Å². The molecule has 0 aliphatic carbocycles. The van der Waals surface area contributed by atoms with Crippen LogP contribution in [0.15, 0.2) is 24.3 Å². The second kappa shape index (κ2) is 10.1. The molecule has 0 unspecified atom stereocenters. The number of hydrogen-bond donors (Lipinski definition) is 1. The standard InChI is InChI=1S/C19H31N3O2/c1-6-20-18(23)14-22(8-3)19(24)17-11-9-16(10-12-17)13-21(7-2)15(4)5/h9-12,15H,6-8,13-14H2,1-5H3,(H,20,23). The smallest absolute Gasteiger partial charge is 0.254 e. The summed E-state index contributed by atoms with van der Waals surface area (Å²) in [6, 6.07) is 8.19. The van der Waals surface area contributed by atoms with Gasteiger partial charge in [0.1, 0.15) is 0 Å². The molecule has 24 heavy (non-hydrogen) atoms. The van der Waals surface area contributed by atoms with Gasteiger partial charge in [-0.25, -0.2) is 0 Å². The van der Waals surface area contributed by atoms with Crippen molar-refractivity contribution in [3.05, 3.63) is 35.4 Å². The maximum atomic E-state index is 12.5. The quantitative estimate of drug-likeness (QED) is 0.755. The molecule has 0 aliphatic rings. The Morgan fingerprint density at radius 3 is 2.12 bits per heavy atom. The van der Waals surface area contributed by atoms with Crippen molar-refractivity contribution >= 4 is 11.8 Å². The lowest BCUT2D eigenvalue weighted by atomic mass is 10.1. The fourth-order valence-electron chi connectivity index (χ4n) is 2.58. The summed E-state index contributed by atoms with van der Waals surface area (Å²) in [5, 5.41) is 2.73. The molecule has 0 saturated carbocycles. The second-order valence-electron chi connectivity index (χ2n) is 6.13. The van der Waals surface area contributed by atoms with E-state index < -0.39 is 0 Å². The summed E-state index contributed by atoms with van der Waals surface area (Å²) in [6.07, 6.45) is 0. The van der Waals surface area contributed by atoms with Gasteiger partial charge >= 0.3 is 0 Å². The highest BCUT2D eigenvalue weighted by molar-refractivity contribution is 5.96. The highest BCUT2D eigenvalue weighted by Gasteiger charge is 2.17. The van der Waals surface area contributed by atoms with Crippen LogP contribution in [0, 0.1) is 0 Å². The molecule has 0 aliphatic heterocycles. The van der Waals surface area contributed by atoms with Gasteiger partial charge in [-0.3, -0.25) is 14.5 Å². The minimum atomic E-state index is -0.125. The van der Waals surface area contributed by atoms with Gasteiger partial charge < -0.3 is 10.2 Å². The minimum Gasteiger partial charge on any atom is -0.355 e. The van der Waals surface area contributed by atoms with Crippen LogP contribution in [0.2, 0.25) is 0 Å². The molecule has 0 saturated heterocycles. The second-order valence-corrected chi connectivity index (χ2v) is 6.13. The topological polar surface area (TPSA) is 52.7 Å². The number of hydrogen-bond acceptors (Lipinski definition) is 3. The van der Waals surface area contributed by atoms with Gasteiger partial charge in [-0.05, 0) is 51.9 Å². The van der Waals surface area contributed by atoms with Crippen molar-refractivity contribution in [1.82, 2.24) is 15.1 Å². The van der Waals surface area contributed by atoms with Crippen LogP contribution >= 0.6 is 0 Å². The van der Waals surface area contributed by atoms with E-state index in [4.69, 9.17) is 0 Å². The average Bonchev–Trinajstić information content (AvgIpc) is 2.57. The number of nitrogens with zero attached hydrogens (tertiary/aromatic N) is 2. The van der Waals surface area contributed by atoms with E-state index in [1.165, 1.54) is 5.56 Å². The average molecular weight is 333 g/mol. The van der Waals surface area contributed by atoms with E-state index in [0.717, 1.165) is 13.1 Å². The van der Waals surface area contributed by atoms with Crippen molar-refractivity contribution in [1.29, 1.82) is 0 Å². The SMILES string of the molecule is CCNC(=O)CN(CC)C(=O)c1ccc(CN(CC)C(C)C)cc1. The van der Waals surface area contributed by atoms with Crippen molar-refractivity contribution in [2.45, 2.75) is 47.2 Å². The van der Waals surface area contributed by atoms with Crippen molar-refractivity contribution in [3.63, 3.8) is 0 Å². The predicted octanol–water partition coefficient (Wildman–Crippen LogP) is 2.52. The number of amides is 2. The molecule has 5 nitrogen and oxygen atoms in total. The summed E-state index contributed by atoms with van der Waals surface area (Å²) >= 11 is 0. The molecule has 1 aromatic rings. The van der Waals surface area contributed by atoms with Gasteiger partial charge in [0.2, 0.25) is 5.91 Å². The molecule has 0 bridgehead atoms. The van der Waals surface area contributed by atoms with E-state index >= 15 is 0 Å². The zero-order valence-electron chi connectivity index (χ0n) is 15.6. The number of likely N-dealkylation sites (N-methyl/N-ethyl adjacent to an activating group) is 2. The van der Waals surface area contributed by atoms with E-state index in [1.807, 2.05) is 38.1 Å². The molecule has 0 radical (unpaired) electrons. The van der Waals surface area contributed by atoms with Crippen LogP contribution in [-0.4, -0.2) is 53.8 Å². The lowest BCUT2D eigenvalue weighted by molar-refractivity contribution is -0.121. The summed E-state index contributed by atoms with van der Waals surface area (Å²) in [7, 11) is 0. The highest BCUT2D eigenvalue weighted by Crippen LogP contribution is 2.11. The van der Waals surface area contributed by atoms with Gasteiger partial charge in [-0.15, -0.1) is 0 Å². The number of rotatable bonds is 9. The van der Waals surface area contributed by atoms with Gasteiger partial charge in [-0.1, -0.05) is 19.1 Å². The van der Waals surface area contributed by atoms with Crippen molar-refractivity contribution in [3.8, 4) is 0 Å². The molecule has 1 rings (SSSR count). The Bertz CT molecular complexity index is 526. The molecule has 134 valence electrons. The van der Waals surface area contributed by atoms with E-state index in [9.17, 15) is 9.59 Å². The largest absolute Gasteiger partial charge is 0.355 e. The van der Waals surface area contributed by atoms with Crippen LogP contribution in [0.3, 0.4) is 0 Å². The van der Waals surface area contributed by atoms with E-state index in [2.05, 4.69) is 31.0 Å². The Kier molecular flexibility index (Phi) is 8.47. The molecular weight excluding hydrogens is 302 g/mol. The van der Waals surface area contributed by atoms with E-state index in [1.54, 1.807) is 4.90 Å². The lowest BCUT2D eigenvalue weighted by Crippen LogP contribution is -2.40. The third-order valence-corrected chi connectivity index (χ3v) is 4.10. The highest BCUT2D eigenvalue weighted by atomic mass is 16.2. The zero-order chi connectivity index (χ0) is 18.1. The first-order valence-corrected chi connectivity index (χ1v) is 8.81.